The van der Waals surface area contributed by atoms with E-state index < -0.39 is 0 Å². The molecule has 62 valence electrons. The number of carbonyl (C=O) groups excluding carboxylic acids is 1. The Morgan fingerprint density at radius 3 is 3.27 bits per heavy atom. The summed E-state index contributed by atoms with van der Waals surface area (Å²) in [6.45, 7) is 2.14. The summed E-state index contributed by atoms with van der Waals surface area (Å²) in [6, 6.07) is 0.405. The molecule has 0 aromatic rings. The Labute approximate surface area is 67.7 Å². The first-order valence-electron chi connectivity index (χ1n) is 4.30. The van der Waals surface area contributed by atoms with Gasteiger partial charge >= 0.3 is 0 Å². The van der Waals surface area contributed by atoms with Gasteiger partial charge in [0.15, 0.2) is 0 Å². The van der Waals surface area contributed by atoms with Crippen molar-refractivity contribution in [1.82, 2.24) is 5.32 Å². The van der Waals surface area contributed by atoms with Gasteiger partial charge in [0.25, 0.3) is 0 Å². The molecule has 0 saturated heterocycles. The summed E-state index contributed by atoms with van der Waals surface area (Å²) in [6.07, 6.45) is 7.96. The van der Waals surface area contributed by atoms with Crippen molar-refractivity contribution in [3.63, 3.8) is 0 Å². The third-order valence-corrected chi connectivity index (χ3v) is 1.93. The molecule has 2 heteroatoms. The van der Waals surface area contributed by atoms with Crippen molar-refractivity contribution < 1.29 is 4.79 Å². The predicted molar refractivity (Wildman–Crippen MR) is 45.2 cm³/mol. The SMILES string of the molecule is CCC[C@@H]1CCC=CC(=O)N1. The van der Waals surface area contributed by atoms with Crippen LogP contribution in [0.15, 0.2) is 12.2 Å². The first-order valence-corrected chi connectivity index (χ1v) is 4.30. The zero-order valence-electron chi connectivity index (χ0n) is 6.97. The van der Waals surface area contributed by atoms with E-state index in [0.29, 0.717) is 6.04 Å². The molecular formula is C9H15NO. The highest BCUT2D eigenvalue weighted by molar-refractivity contribution is 5.87. The van der Waals surface area contributed by atoms with E-state index in [0.717, 1.165) is 25.7 Å². The maximum atomic E-state index is 11.0. The number of hydrogen-bond donors (Lipinski definition) is 1. The van der Waals surface area contributed by atoms with Crippen LogP contribution in [-0.4, -0.2) is 11.9 Å². The van der Waals surface area contributed by atoms with Crippen LogP contribution in [0.4, 0.5) is 0 Å². The zero-order chi connectivity index (χ0) is 8.10. The molecule has 1 aliphatic rings. The Hall–Kier alpha value is -0.790. The molecule has 0 unspecified atom stereocenters. The molecule has 1 amide bonds. The van der Waals surface area contributed by atoms with Crippen LogP contribution in [0.25, 0.3) is 0 Å². The van der Waals surface area contributed by atoms with E-state index in [-0.39, 0.29) is 5.91 Å². The number of rotatable bonds is 2. The third kappa shape index (κ3) is 2.74. The highest BCUT2D eigenvalue weighted by Crippen LogP contribution is 2.08. The molecule has 1 atom stereocenters. The molecule has 2 nitrogen and oxygen atoms in total. The van der Waals surface area contributed by atoms with Crippen molar-refractivity contribution in [1.29, 1.82) is 0 Å². The van der Waals surface area contributed by atoms with Gasteiger partial charge in [-0.15, -0.1) is 0 Å². The molecule has 1 rings (SSSR count). The van der Waals surface area contributed by atoms with E-state index in [1.807, 2.05) is 6.08 Å². The molecular weight excluding hydrogens is 138 g/mol. The number of allylic oxidation sites excluding steroid dienone is 1. The molecule has 1 N–H and O–H groups in total. The Kier molecular flexibility index (Phi) is 3.14. The van der Waals surface area contributed by atoms with Crippen LogP contribution >= 0.6 is 0 Å². The first-order chi connectivity index (χ1) is 5.33. The largest absolute Gasteiger partial charge is 0.350 e. The maximum absolute atomic E-state index is 11.0. The summed E-state index contributed by atoms with van der Waals surface area (Å²) in [5.41, 5.74) is 0. The quantitative estimate of drug-likeness (QED) is 0.641. The molecule has 0 aromatic heterocycles. The summed E-state index contributed by atoms with van der Waals surface area (Å²) < 4.78 is 0. The highest BCUT2D eigenvalue weighted by Gasteiger charge is 2.10. The normalized spacial score (nSPS) is 24.5. The maximum Gasteiger partial charge on any atom is 0.243 e. The minimum Gasteiger partial charge on any atom is -0.350 e. The minimum absolute atomic E-state index is 0.0703. The molecule has 0 spiro atoms. The van der Waals surface area contributed by atoms with E-state index in [9.17, 15) is 4.79 Å². The van der Waals surface area contributed by atoms with Gasteiger partial charge in [0.05, 0.1) is 0 Å². The third-order valence-electron chi connectivity index (χ3n) is 1.93. The van der Waals surface area contributed by atoms with Gasteiger partial charge in [-0.1, -0.05) is 19.4 Å². The topological polar surface area (TPSA) is 29.1 Å². The fourth-order valence-corrected chi connectivity index (χ4v) is 1.37. The first kappa shape index (κ1) is 8.31. The smallest absolute Gasteiger partial charge is 0.243 e. The van der Waals surface area contributed by atoms with Gasteiger partial charge < -0.3 is 5.32 Å². The van der Waals surface area contributed by atoms with Gasteiger partial charge in [-0.2, -0.15) is 0 Å². The number of carbonyl (C=O) groups is 1. The van der Waals surface area contributed by atoms with E-state index in [1.54, 1.807) is 6.08 Å². The van der Waals surface area contributed by atoms with Crippen molar-refractivity contribution in [3.05, 3.63) is 12.2 Å². The average molecular weight is 153 g/mol. The fraction of sp³-hybridized carbons (Fsp3) is 0.667. The van der Waals surface area contributed by atoms with Crippen LogP contribution in [0, 0.1) is 0 Å². The van der Waals surface area contributed by atoms with Crippen molar-refractivity contribution in [2.75, 3.05) is 0 Å². The van der Waals surface area contributed by atoms with E-state index in [2.05, 4.69) is 12.2 Å². The standard InChI is InChI=1S/C9H15NO/c1-2-5-8-6-3-4-7-9(11)10-8/h4,7-8H,2-3,5-6H2,1H3,(H,10,11)/t8-/m1/s1. The average Bonchev–Trinajstić information content (AvgIpc) is 2.15. The summed E-state index contributed by atoms with van der Waals surface area (Å²) >= 11 is 0. The molecule has 0 bridgehead atoms. The lowest BCUT2D eigenvalue weighted by molar-refractivity contribution is -0.117. The molecule has 1 aliphatic heterocycles. The molecule has 0 radical (unpaired) electrons. The lowest BCUT2D eigenvalue weighted by atomic mass is 10.1. The lowest BCUT2D eigenvalue weighted by Crippen LogP contribution is -2.32. The second kappa shape index (κ2) is 4.16. The highest BCUT2D eigenvalue weighted by atomic mass is 16.1. The monoisotopic (exact) mass is 153 g/mol. The van der Waals surface area contributed by atoms with Crippen LogP contribution in [-0.2, 0) is 4.79 Å². The van der Waals surface area contributed by atoms with Crippen LogP contribution < -0.4 is 5.32 Å². The van der Waals surface area contributed by atoms with Gasteiger partial charge in [0.2, 0.25) is 5.91 Å². The second-order valence-corrected chi connectivity index (χ2v) is 2.97. The molecule has 0 saturated carbocycles. The van der Waals surface area contributed by atoms with Gasteiger partial charge in [-0.05, 0) is 25.3 Å². The van der Waals surface area contributed by atoms with Gasteiger partial charge in [0.1, 0.15) is 0 Å². The summed E-state index contributed by atoms with van der Waals surface area (Å²) in [5.74, 6) is 0.0703. The lowest BCUT2D eigenvalue weighted by Gasteiger charge is -2.13. The van der Waals surface area contributed by atoms with Gasteiger partial charge in [0, 0.05) is 6.04 Å². The Morgan fingerprint density at radius 1 is 1.73 bits per heavy atom. The van der Waals surface area contributed by atoms with E-state index in [4.69, 9.17) is 0 Å². The minimum atomic E-state index is 0.0703. The Balaban J connectivity index is 2.39. The van der Waals surface area contributed by atoms with E-state index >= 15 is 0 Å². The van der Waals surface area contributed by atoms with Crippen molar-refractivity contribution >= 4 is 5.91 Å². The summed E-state index contributed by atoms with van der Waals surface area (Å²) in [5, 5.41) is 2.95. The predicted octanol–water partition coefficient (Wildman–Crippen LogP) is 1.62. The zero-order valence-corrected chi connectivity index (χ0v) is 6.97. The Morgan fingerprint density at radius 2 is 2.55 bits per heavy atom. The van der Waals surface area contributed by atoms with Crippen LogP contribution in [0.1, 0.15) is 32.6 Å². The van der Waals surface area contributed by atoms with Crippen LogP contribution in [0.5, 0.6) is 0 Å². The van der Waals surface area contributed by atoms with E-state index in [1.165, 1.54) is 0 Å². The Bertz CT molecular complexity index is 163. The summed E-state index contributed by atoms with van der Waals surface area (Å²) in [4.78, 5) is 11.0. The fourth-order valence-electron chi connectivity index (χ4n) is 1.37. The molecule has 0 fully saturated rings. The second-order valence-electron chi connectivity index (χ2n) is 2.97. The molecule has 11 heavy (non-hydrogen) atoms. The van der Waals surface area contributed by atoms with Crippen molar-refractivity contribution in [3.8, 4) is 0 Å². The summed E-state index contributed by atoms with van der Waals surface area (Å²) in [7, 11) is 0. The molecule has 0 aromatic carbocycles. The van der Waals surface area contributed by atoms with Gasteiger partial charge in [-0.3, -0.25) is 4.79 Å². The van der Waals surface area contributed by atoms with Crippen LogP contribution in [0.3, 0.4) is 0 Å². The number of amides is 1. The van der Waals surface area contributed by atoms with Crippen LogP contribution in [0.2, 0.25) is 0 Å². The van der Waals surface area contributed by atoms with Gasteiger partial charge in [-0.25, -0.2) is 0 Å². The van der Waals surface area contributed by atoms with Crippen molar-refractivity contribution in [2.24, 2.45) is 0 Å². The number of hydrogen-bond acceptors (Lipinski definition) is 1. The molecule has 1 heterocycles. The number of nitrogens with one attached hydrogen (secondary N) is 1. The van der Waals surface area contributed by atoms with Crippen molar-refractivity contribution in [2.45, 2.75) is 38.6 Å². The molecule has 0 aliphatic carbocycles.